The summed E-state index contributed by atoms with van der Waals surface area (Å²) in [5, 5.41) is 3.64. The quantitative estimate of drug-likeness (QED) is 0.170. The Kier molecular flexibility index (Phi) is 7.90. The lowest BCUT2D eigenvalue weighted by atomic mass is 9.84. The largest absolute Gasteiger partial charge is 0.416 e. The van der Waals surface area contributed by atoms with Gasteiger partial charge >= 0.3 is 12.4 Å². The highest BCUT2D eigenvalue weighted by atomic mass is 19.4. The predicted octanol–water partition coefficient (Wildman–Crippen LogP) is 10.2. The first kappa shape index (κ1) is 31.7. The highest BCUT2D eigenvalue weighted by Gasteiger charge is 2.33. The maximum absolute atomic E-state index is 14.0. The summed E-state index contributed by atoms with van der Waals surface area (Å²) in [5.74, 6) is 0.0332. The lowest BCUT2D eigenvalue weighted by Crippen LogP contribution is -2.19. The Morgan fingerprint density at radius 3 is 1.85 bits per heavy atom. The van der Waals surface area contributed by atoms with E-state index in [4.69, 9.17) is 0 Å². The molecule has 1 atom stereocenters. The van der Waals surface area contributed by atoms with Gasteiger partial charge in [0.05, 0.1) is 11.1 Å². The molecule has 4 aromatic rings. The molecule has 4 aromatic carbocycles. The number of hydrogen-bond donors (Lipinski definition) is 0. The van der Waals surface area contributed by atoms with Crippen LogP contribution in [-0.2, 0) is 12.4 Å². The smallest absolute Gasteiger partial charge is 0.166 e. The summed E-state index contributed by atoms with van der Waals surface area (Å²) in [4.78, 5) is 0. The molecular weight excluding hydrogens is 594 g/mol. The lowest BCUT2D eigenvalue weighted by molar-refractivity contribution is -0.138. The van der Waals surface area contributed by atoms with E-state index in [0.717, 1.165) is 75.0 Å². The van der Waals surface area contributed by atoms with Crippen LogP contribution in [0.3, 0.4) is 0 Å². The highest BCUT2D eigenvalue weighted by Crippen LogP contribution is 2.43. The zero-order valence-electron chi connectivity index (χ0n) is 26.1. The van der Waals surface area contributed by atoms with Crippen LogP contribution in [0, 0.1) is 21.8 Å². The molecule has 6 rings (SSSR count). The topological polar surface area (TPSA) is 0 Å². The number of fused-ring (bicyclic) bond motifs is 2. The van der Waals surface area contributed by atoms with Gasteiger partial charge in [-0.3, -0.25) is 0 Å². The van der Waals surface area contributed by atoms with Crippen LogP contribution in [0.15, 0.2) is 103 Å². The average molecular weight is 629 g/mol. The van der Waals surface area contributed by atoms with Gasteiger partial charge in [0.1, 0.15) is 0 Å². The van der Waals surface area contributed by atoms with E-state index in [9.17, 15) is 26.3 Å². The maximum Gasteiger partial charge on any atom is 0.416 e. The molecule has 0 fully saturated rings. The van der Waals surface area contributed by atoms with Gasteiger partial charge in [-0.1, -0.05) is 107 Å². The zero-order chi connectivity index (χ0) is 33.0. The number of alkyl halides is 6. The third-order valence-corrected chi connectivity index (χ3v) is 8.87. The molecule has 0 nitrogen and oxygen atoms in total. The number of halogens is 6. The van der Waals surface area contributed by atoms with Crippen LogP contribution < -0.4 is 10.4 Å². The zero-order valence-corrected chi connectivity index (χ0v) is 26.1. The standard InChI is InChI=1S/C40H34F6/c1-5-10-24-19-30(38(2,3)4)23-34(24)37-33(18-17-32-31-16-7-6-11-25(31)22-35(32)37)36(26-12-8-14-28(20-26)39(41,42)43)27-13-9-15-29(21-27)40(44,45)46/h6-9,11-24H,5,10H2,1-4H3. The van der Waals surface area contributed by atoms with E-state index in [1.165, 1.54) is 12.1 Å². The van der Waals surface area contributed by atoms with Gasteiger partial charge in [0, 0.05) is 5.92 Å². The Labute approximate surface area is 264 Å². The minimum atomic E-state index is -4.63. The summed E-state index contributed by atoms with van der Waals surface area (Å²) in [6.07, 6.45) is -0.942. The first-order chi connectivity index (χ1) is 21.7. The number of benzene rings is 4. The van der Waals surface area contributed by atoms with Crippen LogP contribution in [0.4, 0.5) is 26.3 Å². The molecule has 236 valence electrons. The fourth-order valence-corrected chi connectivity index (χ4v) is 6.63. The van der Waals surface area contributed by atoms with Crippen molar-refractivity contribution in [2.24, 2.45) is 11.3 Å². The fraction of sp³-hybridized carbons (Fsp3) is 0.250. The Morgan fingerprint density at radius 1 is 0.674 bits per heavy atom. The molecule has 0 spiro atoms. The normalized spacial score (nSPS) is 16.0. The van der Waals surface area contributed by atoms with Crippen LogP contribution in [-0.4, -0.2) is 0 Å². The van der Waals surface area contributed by atoms with E-state index in [1.807, 2.05) is 36.4 Å². The highest BCUT2D eigenvalue weighted by molar-refractivity contribution is 5.88. The molecule has 0 radical (unpaired) electrons. The van der Waals surface area contributed by atoms with E-state index in [1.54, 1.807) is 12.1 Å². The van der Waals surface area contributed by atoms with Crippen molar-refractivity contribution in [1.29, 1.82) is 0 Å². The minimum absolute atomic E-state index is 0.0332. The second-order valence-electron chi connectivity index (χ2n) is 13.1. The first-order valence-electron chi connectivity index (χ1n) is 15.4. The van der Waals surface area contributed by atoms with Gasteiger partial charge in [-0.15, -0.1) is 0 Å². The summed E-state index contributed by atoms with van der Waals surface area (Å²) < 4.78 is 84.1. The van der Waals surface area contributed by atoms with Gasteiger partial charge in [-0.2, -0.15) is 26.3 Å². The van der Waals surface area contributed by atoms with Crippen LogP contribution in [0.5, 0.6) is 0 Å². The van der Waals surface area contributed by atoms with Crippen molar-refractivity contribution in [3.8, 4) is 0 Å². The van der Waals surface area contributed by atoms with Gasteiger partial charge in [-0.25, -0.2) is 0 Å². The van der Waals surface area contributed by atoms with Crippen molar-refractivity contribution in [1.82, 2.24) is 0 Å². The van der Waals surface area contributed by atoms with Gasteiger partial charge in [0.15, 0.2) is 0 Å². The average Bonchev–Trinajstić information content (AvgIpc) is 3.59. The van der Waals surface area contributed by atoms with Crippen LogP contribution in [0.2, 0.25) is 0 Å². The molecule has 0 N–H and O–H groups in total. The molecular formula is C40H34F6. The summed E-state index contributed by atoms with van der Waals surface area (Å²) in [6, 6.07) is 21.6. The molecule has 1 unspecified atom stereocenters. The third-order valence-electron chi connectivity index (χ3n) is 8.87. The van der Waals surface area contributed by atoms with E-state index < -0.39 is 23.5 Å². The van der Waals surface area contributed by atoms with Crippen molar-refractivity contribution in [3.63, 3.8) is 0 Å². The lowest BCUT2D eigenvalue weighted by Gasteiger charge is -2.20. The van der Waals surface area contributed by atoms with Gasteiger partial charge in [0.25, 0.3) is 0 Å². The van der Waals surface area contributed by atoms with Crippen molar-refractivity contribution < 1.29 is 26.3 Å². The third kappa shape index (κ3) is 5.86. The summed E-state index contributed by atoms with van der Waals surface area (Å²) in [5.41, 5.74) is 2.76. The van der Waals surface area contributed by atoms with Crippen molar-refractivity contribution >= 4 is 17.2 Å². The molecule has 0 bridgehead atoms. The minimum Gasteiger partial charge on any atom is -0.166 e. The van der Waals surface area contributed by atoms with E-state index in [-0.39, 0.29) is 22.5 Å². The number of hydrogen-bond acceptors (Lipinski definition) is 0. The molecule has 6 heteroatoms. The molecule has 0 aliphatic heterocycles. The second kappa shape index (κ2) is 11.5. The SMILES string of the molecule is CCCC1C=C(C(C)(C)C)C=C1c1c2c(ccc1=C(c1cccc(C(F)(F)F)c1)c1cccc(C(F)(F)F)c1)=c1ccccc1=C2. The Hall–Kier alpha value is -4.32. The van der Waals surface area contributed by atoms with Gasteiger partial charge in [-0.05, 0) is 102 Å². The Morgan fingerprint density at radius 2 is 1.28 bits per heavy atom. The first-order valence-corrected chi connectivity index (χ1v) is 15.4. The predicted molar refractivity (Wildman–Crippen MR) is 172 cm³/mol. The Balaban J connectivity index is 1.81. The van der Waals surface area contributed by atoms with Crippen molar-refractivity contribution in [2.75, 3.05) is 0 Å². The van der Waals surface area contributed by atoms with Crippen molar-refractivity contribution in [2.45, 2.75) is 52.9 Å². The molecule has 2 aliphatic rings. The van der Waals surface area contributed by atoms with E-state index >= 15 is 0 Å². The van der Waals surface area contributed by atoms with Crippen molar-refractivity contribution in [3.05, 3.63) is 157 Å². The summed E-state index contributed by atoms with van der Waals surface area (Å²) in [7, 11) is 0. The number of rotatable bonds is 5. The fourth-order valence-electron chi connectivity index (χ4n) is 6.63. The van der Waals surface area contributed by atoms with Crippen LogP contribution in [0.1, 0.15) is 73.9 Å². The summed E-state index contributed by atoms with van der Waals surface area (Å²) in [6.45, 7) is 8.54. The second-order valence-corrected chi connectivity index (χ2v) is 13.1. The van der Waals surface area contributed by atoms with Gasteiger partial charge < -0.3 is 0 Å². The monoisotopic (exact) mass is 628 g/mol. The molecule has 0 heterocycles. The van der Waals surface area contributed by atoms with E-state index in [0.29, 0.717) is 10.8 Å². The molecule has 0 saturated heterocycles. The van der Waals surface area contributed by atoms with Crippen LogP contribution >= 0.6 is 0 Å². The van der Waals surface area contributed by atoms with Gasteiger partial charge in [0.2, 0.25) is 0 Å². The summed E-state index contributed by atoms with van der Waals surface area (Å²) >= 11 is 0. The molecule has 2 aliphatic carbocycles. The maximum atomic E-state index is 14.0. The molecule has 0 aromatic heterocycles. The van der Waals surface area contributed by atoms with Crippen LogP contribution in [0.25, 0.3) is 17.2 Å². The molecule has 46 heavy (non-hydrogen) atoms. The Bertz CT molecular complexity index is 2060. The molecule has 0 amide bonds. The van der Waals surface area contributed by atoms with E-state index in [2.05, 4.69) is 45.9 Å². The molecule has 0 saturated carbocycles. The number of allylic oxidation sites excluding steroid dienone is 4.